The van der Waals surface area contributed by atoms with Crippen molar-refractivity contribution in [2.45, 2.75) is 51.6 Å². The molecule has 192 valence electrons. The average molecular weight is 499 g/mol. The Morgan fingerprint density at radius 1 is 0.972 bits per heavy atom. The molecule has 0 saturated carbocycles. The van der Waals surface area contributed by atoms with E-state index in [0.717, 1.165) is 37.0 Å². The SMILES string of the molecule is Cc1cc(F)c(CC(N)CC(=O)N2CC(=O)N(CC(=O)N3CCCCC3)c3ccccc3C2)cc1F. The van der Waals surface area contributed by atoms with Crippen molar-refractivity contribution in [2.24, 2.45) is 5.73 Å². The highest BCUT2D eigenvalue weighted by molar-refractivity contribution is 6.02. The molecule has 7 nitrogen and oxygen atoms in total. The Labute approximate surface area is 209 Å². The monoisotopic (exact) mass is 498 g/mol. The van der Waals surface area contributed by atoms with E-state index in [1.165, 1.54) is 16.7 Å². The summed E-state index contributed by atoms with van der Waals surface area (Å²) < 4.78 is 28.1. The number of halogens is 2. The number of nitrogens with zero attached hydrogens (tertiary/aromatic N) is 3. The van der Waals surface area contributed by atoms with Crippen LogP contribution in [0.4, 0.5) is 14.5 Å². The fraction of sp³-hybridized carbons (Fsp3) is 0.444. The topological polar surface area (TPSA) is 87.0 Å². The first-order chi connectivity index (χ1) is 17.2. The van der Waals surface area contributed by atoms with Crippen LogP contribution < -0.4 is 10.6 Å². The number of amides is 3. The predicted octanol–water partition coefficient (Wildman–Crippen LogP) is 2.92. The van der Waals surface area contributed by atoms with Crippen LogP contribution in [0.5, 0.6) is 0 Å². The highest BCUT2D eigenvalue weighted by atomic mass is 19.1. The summed E-state index contributed by atoms with van der Waals surface area (Å²) in [4.78, 5) is 43.9. The van der Waals surface area contributed by atoms with Gasteiger partial charge in [-0.3, -0.25) is 14.4 Å². The molecule has 2 aromatic rings. The summed E-state index contributed by atoms with van der Waals surface area (Å²) in [5.41, 5.74) is 7.81. The van der Waals surface area contributed by atoms with Crippen LogP contribution >= 0.6 is 0 Å². The van der Waals surface area contributed by atoms with Gasteiger partial charge in [0.15, 0.2) is 0 Å². The minimum atomic E-state index is -0.750. The number of carbonyl (C=O) groups is 3. The molecule has 2 aromatic carbocycles. The van der Waals surface area contributed by atoms with Gasteiger partial charge in [-0.2, -0.15) is 0 Å². The van der Waals surface area contributed by atoms with E-state index < -0.39 is 17.7 Å². The molecule has 4 rings (SSSR count). The van der Waals surface area contributed by atoms with Gasteiger partial charge >= 0.3 is 0 Å². The summed E-state index contributed by atoms with van der Waals surface area (Å²) in [7, 11) is 0. The van der Waals surface area contributed by atoms with Gasteiger partial charge in [-0.1, -0.05) is 18.2 Å². The second-order valence-electron chi connectivity index (χ2n) is 9.66. The lowest BCUT2D eigenvalue weighted by Gasteiger charge is -2.30. The number of para-hydroxylation sites is 1. The Kier molecular flexibility index (Phi) is 7.98. The fourth-order valence-corrected chi connectivity index (χ4v) is 4.83. The van der Waals surface area contributed by atoms with Crippen LogP contribution in [0, 0.1) is 18.6 Å². The molecular formula is C27H32F2N4O3. The van der Waals surface area contributed by atoms with E-state index in [2.05, 4.69) is 0 Å². The summed E-state index contributed by atoms with van der Waals surface area (Å²) >= 11 is 0. The van der Waals surface area contributed by atoms with Crippen molar-refractivity contribution in [3.05, 3.63) is 64.7 Å². The molecule has 9 heteroatoms. The second kappa shape index (κ2) is 11.2. The van der Waals surface area contributed by atoms with Crippen molar-refractivity contribution in [1.82, 2.24) is 9.80 Å². The molecule has 2 heterocycles. The van der Waals surface area contributed by atoms with Gasteiger partial charge in [0.1, 0.15) is 24.7 Å². The minimum Gasteiger partial charge on any atom is -0.341 e. The predicted molar refractivity (Wildman–Crippen MR) is 132 cm³/mol. The van der Waals surface area contributed by atoms with Crippen molar-refractivity contribution >= 4 is 23.4 Å². The van der Waals surface area contributed by atoms with Crippen molar-refractivity contribution in [3.63, 3.8) is 0 Å². The number of hydrogen-bond donors (Lipinski definition) is 1. The molecule has 1 atom stereocenters. The maximum Gasteiger partial charge on any atom is 0.247 e. The fourth-order valence-electron chi connectivity index (χ4n) is 4.83. The summed E-state index contributed by atoms with van der Waals surface area (Å²) in [6.45, 7) is 2.78. The molecular weight excluding hydrogens is 466 g/mol. The van der Waals surface area contributed by atoms with Crippen LogP contribution in [0.25, 0.3) is 0 Å². The number of aryl methyl sites for hydroxylation is 1. The molecule has 3 amide bonds. The second-order valence-corrected chi connectivity index (χ2v) is 9.66. The van der Waals surface area contributed by atoms with Crippen molar-refractivity contribution < 1.29 is 23.2 Å². The van der Waals surface area contributed by atoms with Gasteiger partial charge in [0.2, 0.25) is 17.7 Å². The van der Waals surface area contributed by atoms with Crippen LogP contribution in [0.1, 0.15) is 42.4 Å². The molecule has 1 saturated heterocycles. The first-order valence-corrected chi connectivity index (χ1v) is 12.4. The Bertz CT molecular complexity index is 1150. The van der Waals surface area contributed by atoms with Crippen LogP contribution in [0.2, 0.25) is 0 Å². The molecule has 1 unspecified atom stereocenters. The van der Waals surface area contributed by atoms with Gasteiger partial charge in [-0.05, 0) is 67.5 Å². The maximum absolute atomic E-state index is 14.2. The Morgan fingerprint density at radius 3 is 2.44 bits per heavy atom. The number of fused-ring (bicyclic) bond motifs is 1. The largest absolute Gasteiger partial charge is 0.341 e. The van der Waals surface area contributed by atoms with Crippen molar-refractivity contribution in [2.75, 3.05) is 31.1 Å². The number of carbonyl (C=O) groups excluding carboxylic acids is 3. The Balaban J connectivity index is 1.46. The van der Waals surface area contributed by atoms with Gasteiger partial charge in [0.05, 0.1) is 0 Å². The van der Waals surface area contributed by atoms with Crippen LogP contribution in [0.3, 0.4) is 0 Å². The zero-order valence-corrected chi connectivity index (χ0v) is 20.5. The zero-order chi connectivity index (χ0) is 25.8. The average Bonchev–Trinajstić information content (AvgIpc) is 2.99. The van der Waals surface area contributed by atoms with E-state index in [9.17, 15) is 23.2 Å². The van der Waals surface area contributed by atoms with Gasteiger partial charge in [0, 0.05) is 37.8 Å². The molecule has 0 aromatic heterocycles. The number of likely N-dealkylation sites (tertiary alicyclic amines) is 1. The van der Waals surface area contributed by atoms with E-state index in [-0.39, 0.29) is 61.3 Å². The molecule has 1 fully saturated rings. The molecule has 0 bridgehead atoms. The molecule has 36 heavy (non-hydrogen) atoms. The van der Waals surface area contributed by atoms with Crippen molar-refractivity contribution in [1.29, 1.82) is 0 Å². The molecule has 0 radical (unpaired) electrons. The number of benzene rings is 2. The van der Waals surface area contributed by atoms with E-state index >= 15 is 0 Å². The van der Waals surface area contributed by atoms with Gasteiger partial charge in [-0.25, -0.2) is 8.78 Å². The highest BCUT2D eigenvalue weighted by Gasteiger charge is 2.31. The number of piperidine rings is 1. The summed E-state index contributed by atoms with van der Waals surface area (Å²) in [6.07, 6.45) is 2.87. The Hall–Kier alpha value is -3.33. The molecule has 2 aliphatic rings. The lowest BCUT2D eigenvalue weighted by atomic mass is 10.0. The quantitative estimate of drug-likeness (QED) is 0.664. The summed E-state index contributed by atoms with van der Waals surface area (Å²) in [5, 5.41) is 0. The highest BCUT2D eigenvalue weighted by Crippen LogP contribution is 2.26. The maximum atomic E-state index is 14.2. The zero-order valence-electron chi connectivity index (χ0n) is 20.5. The van der Waals surface area contributed by atoms with Gasteiger partial charge in [0.25, 0.3) is 0 Å². The van der Waals surface area contributed by atoms with Crippen LogP contribution in [-0.4, -0.2) is 59.7 Å². The molecule has 0 aliphatic carbocycles. The summed E-state index contributed by atoms with van der Waals surface area (Å²) in [5.74, 6) is -1.91. The third-order valence-corrected chi connectivity index (χ3v) is 6.87. The smallest absolute Gasteiger partial charge is 0.247 e. The van der Waals surface area contributed by atoms with E-state index in [4.69, 9.17) is 5.73 Å². The standard InChI is InChI=1S/C27H32F2N4O3/c1-18-11-23(29)20(13-22(18)28)12-21(30)14-25(34)32-15-19-7-3-4-8-24(19)33(27(36)16-32)17-26(35)31-9-5-2-6-10-31/h3-4,7-8,11,13,21H,2,5-6,9-10,12,14-17,30H2,1H3. The van der Waals surface area contributed by atoms with Gasteiger partial charge < -0.3 is 20.4 Å². The lowest BCUT2D eigenvalue weighted by molar-refractivity contribution is -0.136. The number of rotatable bonds is 6. The number of nitrogens with two attached hydrogens (primary N) is 1. The lowest BCUT2D eigenvalue weighted by Crippen LogP contribution is -2.47. The van der Waals surface area contributed by atoms with Crippen LogP contribution in [-0.2, 0) is 27.3 Å². The minimum absolute atomic E-state index is 0.0103. The molecule has 0 spiro atoms. The third-order valence-electron chi connectivity index (χ3n) is 6.87. The molecule has 2 N–H and O–H groups in total. The summed E-state index contributed by atoms with van der Waals surface area (Å²) in [6, 6.07) is 8.71. The third kappa shape index (κ3) is 5.90. The number of anilines is 1. The number of hydrogen-bond acceptors (Lipinski definition) is 4. The normalized spacial score (nSPS) is 17.0. The van der Waals surface area contributed by atoms with Crippen molar-refractivity contribution in [3.8, 4) is 0 Å². The van der Waals surface area contributed by atoms with E-state index in [0.29, 0.717) is 18.8 Å². The molecule has 2 aliphatic heterocycles. The van der Waals surface area contributed by atoms with Crippen LogP contribution in [0.15, 0.2) is 36.4 Å². The van der Waals surface area contributed by atoms with E-state index in [1.807, 2.05) is 12.1 Å². The first-order valence-electron chi connectivity index (χ1n) is 12.4. The van der Waals surface area contributed by atoms with E-state index in [1.54, 1.807) is 17.0 Å². The first kappa shape index (κ1) is 25.8. The van der Waals surface area contributed by atoms with Gasteiger partial charge in [-0.15, -0.1) is 0 Å². The Morgan fingerprint density at radius 2 is 1.69 bits per heavy atom.